The summed E-state index contributed by atoms with van der Waals surface area (Å²) in [6.45, 7) is 11.3. The van der Waals surface area contributed by atoms with Gasteiger partial charge in [-0.15, -0.1) is 0 Å². The molecule has 1 aromatic carbocycles. The predicted octanol–water partition coefficient (Wildman–Crippen LogP) is 2.81. The second-order valence-electron chi connectivity index (χ2n) is 6.61. The normalized spacial score (nSPS) is 15.8. The van der Waals surface area contributed by atoms with Crippen LogP contribution in [0, 0.1) is 0 Å². The van der Waals surface area contributed by atoms with Crippen molar-refractivity contribution in [3.63, 3.8) is 0 Å². The van der Waals surface area contributed by atoms with Gasteiger partial charge in [-0.3, -0.25) is 4.79 Å². The first-order valence-electron chi connectivity index (χ1n) is 7.56. The molecule has 0 saturated carbocycles. The zero-order valence-electron chi connectivity index (χ0n) is 13.1. The average molecular weight is 274 g/mol. The molecule has 3 nitrogen and oxygen atoms in total. The van der Waals surface area contributed by atoms with Gasteiger partial charge in [-0.25, -0.2) is 0 Å². The molecule has 0 unspecified atom stereocenters. The van der Waals surface area contributed by atoms with Crippen molar-refractivity contribution in [2.75, 3.05) is 19.6 Å². The lowest BCUT2D eigenvalue weighted by Gasteiger charge is -2.39. The number of hydrogen-bond acceptors (Lipinski definition) is 2. The van der Waals surface area contributed by atoms with Crippen molar-refractivity contribution in [2.45, 2.75) is 45.6 Å². The standard InChI is InChI=1S/C17H26N2O/c1-5-10-19(13-11-18-12-13)16(20)14-8-6-7-9-15(14)17(2,3)4/h6-9,13,18H,5,10-12H2,1-4H3. The third kappa shape index (κ3) is 3.04. The minimum absolute atomic E-state index is 0.0119. The number of benzene rings is 1. The third-order valence-corrected chi connectivity index (χ3v) is 3.89. The largest absolute Gasteiger partial charge is 0.333 e. The average Bonchev–Trinajstić information content (AvgIpc) is 2.34. The topological polar surface area (TPSA) is 32.3 Å². The van der Waals surface area contributed by atoms with Crippen molar-refractivity contribution in [1.82, 2.24) is 10.2 Å². The van der Waals surface area contributed by atoms with Crippen LogP contribution in [0.2, 0.25) is 0 Å². The molecule has 0 spiro atoms. The summed E-state index contributed by atoms with van der Waals surface area (Å²) >= 11 is 0. The first-order valence-corrected chi connectivity index (χ1v) is 7.56. The molecule has 1 aliphatic rings. The van der Waals surface area contributed by atoms with Crippen molar-refractivity contribution >= 4 is 5.91 Å². The molecule has 1 aliphatic heterocycles. The summed E-state index contributed by atoms with van der Waals surface area (Å²) in [6, 6.07) is 8.39. The molecule has 110 valence electrons. The van der Waals surface area contributed by atoms with Gasteiger partial charge < -0.3 is 10.2 Å². The Morgan fingerprint density at radius 2 is 1.95 bits per heavy atom. The van der Waals surface area contributed by atoms with Crippen LogP contribution in [-0.2, 0) is 5.41 Å². The van der Waals surface area contributed by atoms with Gasteiger partial charge in [0.15, 0.2) is 0 Å². The lowest BCUT2D eigenvalue weighted by Crippen LogP contribution is -2.59. The van der Waals surface area contributed by atoms with Gasteiger partial charge in [-0.1, -0.05) is 45.9 Å². The Morgan fingerprint density at radius 1 is 1.30 bits per heavy atom. The van der Waals surface area contributed by atoms with Crippen molar-refractivity contribution in [1.29, 1.82) is 0 Å². The summed E-state index contributed by atoms with van der Waals surface area (Å²) in [6.07, 6.45) is 1.000. The van der Waals surface area contributed by atoms with E-state index in [0.29, 0.717) is 6.04 Å². The molecule has 3 heteroatoms. The van der Waals surface area contributed by atoms with Crippen LogP contribution in [0.4, 0.5) is 0 Å². The van der Waals surface area contributed by atoms with E-state index in [1.807, 2.05) is 23.1 Å². The molecular weight excluding hydrogens is 248 g/mol. The highest BCUT2D eigenvalue weighted by molar-refractivity contribution is 5.96. The third-order valence-electron chi connectivity index (χ3n) is 3.89. The summed E-state index contributed by atoms with van der Waals surface area (Å²) in [5.41, 5.74) is 1.99. The van der Waals surface area contributed by atoms with E-state index in [1.165, 1.54) is 0 Å². The maximum absolute atomic E-state index is 12.9. The minimum atomic E-state index is -0.0119. The maximum Gasteiger partial charge on any atom is 0.254 e. The molecule has 0 aromatic heterocycles. The number of carbonyl (C=O) groups excluding carboxylic acids is 1. The zero-order valence-corrected chi connectivity index (χ0v) is 13.1. The Bertz CT molecular complexity index is 472. The molecule has 2 rings (SSSR count). The molecule has 0 bridgehead atoms. The molecule has 0 atom stereocenters. The van der Waals surface area contributed by atoms with Crippen molar-refractivity contribution in [3.05, 3.63) is 35.4 Å². The Hall–Kier alpha value is -1.35. The Kier molecular flexibility index (Phi) is 4.48. The molecule has 1 fully saturated rings. The minimum Gasteiger partial charge on any atom is -0.333 e. The van der Waals surface area contributed by atoms with Crippen LogP contribution in [0.15, 0.2) is 24.3 Å². The first kappa shape index (κ1) is 15.0. The number of amides is 1. The lowest BCUT2D eigenvalue weighted by atomic mass is 9.83. The zero-order chi connectivity index (χ0) is 14.8. The van der Waals surface area contributed by atoms with E-state index >= 15 is 0 Å². The highest BCUT2D eigenvalue weighted by Crippen LogP contribution is 2.27. The predicted molar refractivity (Wildman–Crippen MR) is 83.1 cm³/mol. The monoisotopic (exact) mass is 274 g/mol. The Balaban J connectivity index is 2.31. The summed E-state index contributed by atoms with van der Waals surface area (Å²) in [7, 11) is 0. The van der Waals surface area contributed by atoms with E-state index in [9.17, 15) is 4.79 Å². The Morgan fingerprint density at radius 3 is 2.45 bits per heavy atom. The molecule has 1 N–H and O–H groups in total. The van der Waals surface area contributed by atoms with Crippen LogP contribution in [-0.4, -0.2) is 36.5 Å². The van der Waals surface area contributed by atoms with E-state index < -0.39 is 0 Å². The molecule has 20 heavy (non-hydrogen) atoms. The Labute approximate surface area is 122 Å². The van der Waals surface area contributed by atoms with Gasteiger partial charge in [0.2, 0.25) is 0 Å². The number of carbonyl (C=O) groups is 1. The molecule has 1 saturated heterocycles. The first-order chi connectivity index (χ1) is 9.45. The molecule has 0 aliphatic carbocycles. The van der Waals surface area contributed by atoms with Crippen molar-refractivity contribution in [2.24, 2.45) is 0 Å². The smallest absolute Gasteiger partial charge is 0.254 e. The summed E-state index contributed by atoms with van der Waals surface area (Å²) in [5, 5.41) is 3.26. The molecule has 1 amide bonds. The van der Waals surface area contributed by atoms with Crippen LogP contribution in [0.5, 0.6) is 0 Å². The number of hydrogen-bond donors (Lipinski definition) is 1. The quantitative estimate of drug-likeness (QED) is 0.915. The van der Waals surface area contributed by atoms with E-state index in [2.05, 4.69) is 39.1 Å². The SMILES string of the molecule is CCCN(C(=O)c1ccccc1C(C)(C)C)C1CNC1. The van der Waals surface area contributed by atoms with Gasteiger partial charge in [0, 0.05) is 25.2 Å². The van der Waals surface area contributed by atoms with Crippen LogP contribution in [0.25, 0.3) is 0 Å². The van der Waals surface area contributed by atoms with Crippen LogP contribution in [0.1, 0.15) is 50.0 Å². The van der Waals surface area contributed by atoms with E-state index in [1.54, 1.807) is 0 Å². The highest BCUT2D eigenvalue weighted by Gasteiger charge is 2.31. The van der Waals surface area contributed by atoms with E-state index in [4.69, 9.17) is 0 Å². The maximum atomic E-state index is 12.9. The number of nitrogens with one attached hydrogen (secondary N) is 1. The molecular formula is C17H26N2O. The van der Waals surface area contributed by atoms with E-state index in [-0.39, 0.29) is 11.3 Å². The summed E-state index contributed by atoms with van der Waals surface area (Å²) in [5.74, 6) is 0.184. The van der Waals surface area contributed by atoms with Gasteiger partial charge in [-0.2, -0.15) is 0 Å². The summed E-state index contributed by atoms with van der Waals surface area (Å²) in [4.78, 5) is 15.0. The fourth-order valence-electron chi connectivity index (χ4n) is 2.66. The summed E-state index contributed by atoms with van der Waals surface area (Å²) < 4.78 is 0. The molecule has 0 radical (unpaired) electrons. The van der Waals surface area contributed by atoms with Gasteiger partial charge in [0.05, 0.1) is 6.04 Å². The fourth-order valence-corrected chi connectivity index (χ4v) is 2.66. The van der Waals surface area contributed by atoms with Gasteiger partial charge >= 0.3 is 0 Å². The van der Waals surface area contributed by atoms with Gasteiger partial charge in [0.25, 0.3) is 5.91 Å². The second-order valence-corrected chi connectivity index (χ2v) is 6.61. The van der Waals surface area contributed by atoms with Gasteiger partial charge in [-0.05, 0) is 23.5 Å². The fraction of sp³-hybridized carbons (Fsp3) is 0.588. The van der Waals surface area contributed by atoms with Crippen molar-refractivity contribution < 1.29 is 4.79 Å². The second kappa shape index (κ2) is 5.96. The van der Waals surface area contributed by atoms with E-state index in [0.717, 1.165) is 37.2 Å². The molecule has 1 aromatic rings. The van der Waals surface area contributed by atoms with Crippen LogP contribution < -0.4 is 5.32 Å². The lowest BCUT2D eigenvalue weighted by molar-refractivity contribution is 0.0613. The van der Waals surface area contributed by atoms with Crippen molar-refractivity contribution in [3.8, 4) is 0 Å². The number of nitrogens with zero attached hydrogens (tertiary/aromatic N) is 1. The highest BCUT2D eigenvalue weighted by atomic mass is 16.2. The number of rotatable bonds is 4. The van der Waals surface area contributed by atoms with Gasteiger partial charge in [0.1, 0.15) is 0 Å². The molecule has 1 heterocycles. The van der Waals surface area contributed by atoms with Crippen LogP contribution in [0.3, 0.4) is 0 Å². The van der Waals surface area contributed by atoms with Crippen LogP contribution >= 0.6 is 0 Å².